The van der Waals surface area contributed by atoms with Crippen LogP contribution in [-0.2, 0) is 21.1 Å². The highest BCUT2D eigenvalue weighted by molar-refractivity contribution is 5.68. The van der Waals surface area contributed by atoms with Crippen molar-refractivity contribution in [1.82, 2.24) is 0 Å². The summed E-state index contributed by atoms with van der Waals surface area (Å²) in [6.45, 7) is 1.32. The van der Waals surface area contributed by atoms with E-state index in [0.717, 1.165) is 28.8 Å². The number of halogens is 3. The van der Waals surface area contributed by atoms with E-state index in [1.165, 1.54) is 19.1 Å². The third-order valence-corrected chi connectivity index (χ3v) is 5.92. The number of hydrogen-bond donors (Lipinski definition) is 0. The third-order valence-electron chi connectivity index (χ3n) is 5.92. The number of benzene rings is 4. The number of ether oxygens (including phenoxy) is 1. The predicted molar refractivity (Wildman–Crippen MR) is 133 cm³/mol. The van der Waals surface area contributed by atoms with Gasteiger partial charge in [-0.05, 0) is 41.0 Å². The maximum atomic E-state index is 13.0. The lowest BCUT2D eigenvalue weighted by molar-refractivity contribution is -0.145. The first-order valence-electron chi connectivity index (χ1n) is 11.3. The molecule has 0 N–H and O–H groups in total. The zero-order valence-corrected chi connectivity index (χ0v) is 19.5. The first-order valence-corrected chi connectivity index (χ1v) is 11.3. The largest absolute Gasteiger partial charge is 0.448 e. The number of carbonyl (C=O) groups excluding carboxylic acids is 1. The molecule has 0 aliphatic carbocycles. The van der Waals surface area contributed by atoms with Crippen molar-refractivity contribution in [2.75, 3.05) is 0 Å². The Morgan fingerprint density at radius 1 is 0.667 bits per heavy atom. The quantitative estimate of drug-likeness (QED) is 0.173. The second-order valence-corrected chi connectivity index (χ2v) is 8.24. The molecule has 5 heteroatoms. The molecule has 36 heavy (non-hydrogen) atoms. The van der Waals surface area contributed by atoms with E-state index in [2.05, 4.69) is 11.8 Å². The van der Waals surface area contributed by atoms with Crippen molar-refractivity contribution < 1.29 is 22.7 Å². The van der Waals surface area contributed by atoms with Crippen LogP contribution in [0.2, 0.25) is 0 Å². The smallest absolute Gasteiger partial charge is 0.416 e. The Balaban J connectivity index is 1.96. The van der Waals surface area contributed by atoms with Crippen molar-refractivity contribution >= 4 is 5.97 Å². The molecule has 1 unspecified atom stereocenters. The maximum absolute atomic E-state index is 13.0. The first kappa shape index (κ1) is 24.8. The lowest BCUT2D eigenvalue weighted by Crippen LogP contribution is -2.43. The molecule has 0 heterocycles. The summed E-state index contributed by atoms with van der Waals surface area (Å²) < 4.78 is 44.9. The Morgan fingerprint density at radius 3 is 1.44 bits per heavy atom. The average molecular weight is 485 g/mol. The van der Waals surface area contributed by atoms with Gasteiger partial charge >= 0.3 is 12.1 Å². The SMILES string of the molecule is CC(=O)OC(C#Cc1ccc(C(F)(F)F)cc1)C(c1ccccc1)(c1ccccc1)c1ccccc1. The van der Waals surface area contributed by atoms with Gasteiger partial charge in [-0.2, -0.15) is 13.2 Å². The van der Waals surface area contributed by atoms with Crippen LogP contribution in [0.4, 0.5) is 13.2 Å². The van der Waals surface area contributed by atoms with E-state index in [1.54, 1.807) is 0 Å². The third kappa shape index (κ3) is 5.18. The minimum Gasteiger partial charge on any atom is -0.448 e. The summed E-state index contributed by atoms with van der Waals surface area (Å²) in [6, 6.07) is 33.5. The summed E-state index contributed by atoms with van der Waals surface area (Å²) in [5.74, 6) is 5.52. The highest BCUT2D eigenvalue weighted by Crippen LogP contribution is 2.43. The lowest BCUT2D eigenvalue weighted by atomic mass is 9.65. The van der Waals surface area contributed by atoms with E-state index >= 15 is 0 Å². The lowest BCUT2D eigenvalue weighted by Gasteiger charge is -2.39. The van der Waals surface area contributed by atoms with Crippen LogP contribution in [0, 0.1) is 11.8 Å². The zero-order chi connectivity index (χ0) is 25.6. The fourth-order valence-electron chi connectivity index (χ4n) is 4.34. The minimum atomic E-state index is -4.44. The Morgan fingerprint density at radius 2 is 1.08 bits per heavy atom. The van der Waals surface area contributed by atoms with E-state index in [4.69, 9.17) is 4.74 Å². The van der Waals surface area contributed by atoms with Gasteiger partial charge in [-0.3, -0.25) is 4.79 Å². The molecular weight excluding hydrogens is 461 g/mol. The number of carbonyl (C=O) groups is 1. The van der Waals surface area contributed by atoms with Gasteiger partial charge in [-0.15, -0.1) is 0 Å². The van der Waals surface area contributed by atoms with Crippen LogP contribution in [0.1, 0.15) is 34.7 Å². The highest BCUT2D eigenvalue weighted by Gasteiger charge is 2.45. The summed E-state index contributed by atoms with van der Waals surface area (Å²) >= 11 is 0. The van der Waals surface area contributed by atoms with Crippen LogP contribution in [0.5, 0.6) is 0 Å². The topological polar surface area (TPSA) is 26.3 Å². The Labute approximate surface area is 208 Å². The molecule has 0 amide bonds. The van der Waals surface area contributed by atoms with E-state index in [-0.39, 0.29) is 0 Å². The van der Waals surface area contributed by atoms with Gasteiger partial charge in [-0.25, -0.2) is 0 Å². The van der Waals surface area contributed by atoms with Crippen molar-refractivity contribution in [2.45, 2.75) is 24.6 Å². The fourth-order valence-corrected chi connectivity index (χ4v) is 4.34. The van der Waals surface area contributed by atoms with Crippen molar-refractivity contribution in [3.63, 3.8) is 0 Å². The van der Waals surface area contributed by atoms with Gasteiger partial charge < -0.3 is 4.74 Å². The Kier molecular flexibility index (Phi) is 7.26. The molecule has 2 nitrogen and oxygen atoms in total. The van der Waals surface area contributed by atoms with Crippen LogP contribution in [0.15, 0.2) is 115 Å². The summed E-state index contributed by atoms with van der Waals surface area (Å²) in [6.07, 6.45) is -5.42. The molecule has 4 aromatic rings. The summed E-state index contributed by atoms with van der Waals surface area (Å²) in [5, 5.41) is 0. The van der Waals surface area contributed by atoms with Crippen molar-refractivity contribution in [2.24, 2.45) is 0 Å². The van der Waals surface area contributed by atoms with Gasteiger partial charge in [-0.1, -0.05) is 103 Å². The Bertz CT molecular complexity index is 1260. The molecular formula is C31H23F3O2. The molecule has 180 valence electrons. The van der Waals surface area contributed by atoms with Crippen LogP contribution in [0.3, 0.4) is 0 Å². The van der Waals surface area contributed by atoms with Crippen molar-refractivity contribution in [3.8, 4) is 11.8 Å². The van der Waals surface area contributed by atoms with E-state index in [1.807, 2.05) is 91.0 Å². The molecule has 4 rings (SSSR count). The molecule has 0 spiro atoms. The summed E-state index contributed by atoms with van der Waals surface area (Å²) in [7, 11) is 0. The first-order chi connectivity index (χ1) is 17.3. The van der Waals surface area contributed by atoms with Gasteiger partial charge in [0.05, 0.1) is 11.0 Å². The van der Waals surface area contributed by atoms with Gasteiger partial charge in [0.15, 0.2) is 6.10 Å². The average Bonchev–Trinajstić information content (AvgIpc) is 2.89. The molecule has 1 atom stereocenters. The van der Waals surface area contributed by atoms with Crippen LogP contribution >= 0.6 is 0 Å². The molecule has 0 fully saturated rings. The molecule has 0 aliphatic rings. The number of hydrogen-bond acceptors (Lipinski definition) is 2. The van der Waals surface area contributed by atoms with Crippen LogP contribution < -0.4 is 0 Å². The van der Waals surface area contributed by atoms with Crippen LogP contribution in [-0.4, -0.2) is 12.1 Å². The van der Waals surface area contributed by atoms with Gasteiger partial charge in [0, 0.05) is 12.5 Å². The maximum Gasteiger partial charge on any atom is 0.416 e. The van der Waals surface area contributed by atoms with Gasteiger partial charge in [0.2, 0.25) is 0 Å². The van der Waals surface area contributed by atoms with Crippen LogP contribution in [0.25, 0.3) is 0 Å². The number of rotatable bonds is 5. The molecule has 0 saturated heterocycles. The zero-order valence-electron chi connectivity index (χ0n) is 19.5. The molecule has 0 bridgehead atoms. The standard InChI is InChI=1S/C31H23F3O2/c1-23(35)36-29(22-19-24-17-20-28(21-18-24)31(32,33)34)30(25-11-5-2-6-12-25,26-13-7-3-8-14-26)27-15-9-4-10-16-27/h2-18,20-21,29H,1H3. The monoisotopic (exact) mass is 484 g/mol. The van der Waals surface area contributed by atoms with E-state index < -0.39 is 29.2 Å². The normalized spacial score (nSPS) is 12.2. The number of alkyl halides is 3. The molecule has 4 aromatic carbocycles. The van der Waals surface area contributed by atoms with E-state index in [9.17, 15) is 18.0 Å². The van der Waals surface area contributed by atoms with Gasteiger partial charge in [0.1, 0.15) is 0 Å². The van der Waals surface area contributed by atoms with E-state index in [0.29, 0.717) is 5.56 Å². The van der Waals surface area contributed by atoms with Crippen molar-refractivity contribution in [1.29, 1.82) is 0 Å². The number of esters is 1. The van der Waals surface area contributed by atoms with Crippen molar-refractivity contribution in [3.05, 3.63) is 143 Å². The summed E-state index contributed by atoms with van der Waals surface area (Å²) in [4.78, 5) is 12.3. The molecule has 0 saturated carbocycles. The second-order valence-electron chi connectivity index (χ2n) is 8.24. The fraction of sp³-hybridized carbons (Fsp3) is 0.129. The second kappa shape index (κ2) is 10.5. The molecule has 0 aromatic heterocycles. The minimum absolute atomic E-state index is 0.378. The highest BCUT2D eigenvalue weighted by atomic mass is 19.4. The molecule has 0 radical (unpaired) electrons. The Hall–Kier alpha value is -4.30. The molecule has 0 aliphatic heterocycles. The van der Waals surface area contributed by atoms with Gasteiger partial charge in [0.25, 0.3) is 0 Å². The predicted octanol–water partition coefficient (Wildman–Crippen LogP) is 7.02. The summed E-state index contributed by atoms with van der Waals surface area (Å²) in [5.41, 5.74) is 1.19.